The van der Waals surface area contributed by atoms with Crippen LogP contribution in [-0.4, -0.2) is 24.8 Å². The summed E-state index contributed by atoms with van der Waals surface area (Å²) >= 11 is 5.84. The minimum absolute atomic E-state index is 0.224. The zero-order chi connectivity index (χ0) is 17.5. The van der Waals surface area contributed by atoms with Crippen molar-refractivity contribution in [1.82, 2.24) is 5.43 Å². The minimum Gasteiger partial charge on any atom is -0.497 e. The third-order valence-corrected chi connectivity index (χ3v) is 3.71. The van der Waals surface area contributed by atoms with Crippen LogP contribution in [0.3, 0.4) is 0 Å². The Morgan fingerprint density at radius 2 is 1.75 bits per heavy atom. The van der Waals surface area contributed by atoms with Crippen LogP contribution in [0.4, 0.5) is 5.69 Å². The standard InChI is InChI=1S/C18H20ClN3O2/c1-12(14-4-10-17(24-3)11-5-14)21-22-18(23)13(2)20-16-8-6-15(19)7-9-16/h4-11,13,20H,1-3H3,(H,22,23)/b21-12+. The molecule has 6 heteroatoms. The third-order valence-electron chi connectivity index (χ3n) is 3.46. The topological polar surface area (TPSA) is 62.7 Å². The molecule has 1 amide bonds. The number of hydrogen-bond acceptors (Lipinski definition) is 4. The fraction of sp³-hybridized carbons (Fsp3) is 0.222. The molecule has 0 aliphatic rings. The molecular formula is C18H20ClN3O2. The first-order valence-electron chi connectivity index (χ1n) is 7.50. The molecule has 126 valence electrons. The van der Waals surface area contributed by atoms with Crippen LogP contribution in [0, 0.1) is 0 Å². The summed E-state index contributed by atoms with van der Waals surface area (Å²) in [6, 6.07) is 14.2. The monoisotopic (exact) mass is 345 g/mol. The molecule has 1 atom stereocenters. The second kappa shape index (κ2) is 8.36. The van der Waals surface area contributed by atoms with Crippen LogP contribution < -0.4 is 15.5 Å². The van der Waals surface area contributed by atoms with Crippen LogP contribution >= 0.6 is 11.6 Å². The van der Waals surface area contributed by atoms with Crippen molar-refractivity contribution in [3.8, 4) is 5.75 Å². The molecule has 24 heavy (non-hydrogen) atoms. The van der Waals surface area contributed by atoms with Crippen molar-refractivity contribution in [2.75, 3.05) is 12.4 Å². The molecule has 0 aromatic heterocycles. The number of ether oxygens (including phenoxy) is 1. The maximum Gasteiger partial charge on any atom is 0.262 e. The predicted octanol–water partition coefficient (Wildman–Crippen LogP) is 3.69. The van der Waals surface area contributed by atoms with Gasteiger partial charge in [-0.2, -0.15) is 5.10 Å². The lowest BCUT2D eigenvalue weighted by Gasteiger charge is -2.14. The summed E-state index contributed by atoms with van der Waals surface area (Å²) in [7, 11) is 1.62. The number of carbonyl (C=O) groups is 1. The van der Waals surface area contributed by atoms with Crippen LogP contribution in [0.2, 0.25) is 5.02 Å². The lowest BCUT2D eigenvalue weighted by molar-refractivity contribution is -0.121. The number of benzene rings is 2. The first-order chi connectivity index (χ1) is 11.5. The Labute approximate surface area is 146 Å². The summed E-state index contributed by atoms with van der Waals surface area (Å²) in [5.41, 5.74) is 5.01. The maximum absolute atomic E-state index is 12.1. The number of hydrogen-bond donors (Lipinski definition) is 2. The molecule has 0 spiro atoms. The average Bonchev–Trinajstić information content (AvgIpc) is 2.61. The number of methoxy groups -OCH3 is 1. The fourth-order valence-corrected chi connectivity index (χ4v) is 2.12. The largest absolute Gasteiger partial charge is 0.497 e. The molecule has 0 aliphatic carbocycles. The van der Waals surface area contributed by atoms with E-state index in [1.807, 2.05) is 43.3 Å². The van der Waals surface area contributed by atoms with Gasteiger partial charge in [-0.05, 0) is 67.9 Å². The summed E-state index contributed by atoms with van der Waals surface area (Å²) < 4.78 is 5.12. The maximum atomic E-state index is 12.1. The van der Waals surface area contributed by atoms with E-state index in [4.69, 9.17) is 16.3 Å². The number of carbonyl (C=O) groups excluding carboxylic acids is 1. The number of hydrazone groups is 1. The van der Waals surface area contributed by atoms with E-state index >= 15 is 0 Å². The zero-order valence-electron chi connectivity index (χ0n) is 13.8. The fourth-order valence-electron chi connectivity index (χ4n) is 1.99. The Kier molecular flexibility index (Phi) is 6.21. The first-order valence-corrected chi connectivity index (χ1v) is 7.88. The number of nitrogens with zero attached hydrogens (tertiary/aromatic N) is 1. The number of rotatable bonds is 6. The molecule has 0 radical (unpaired) electrons. The van der Waals surface area contributed by atoms with Gasteiger partial charge in [0.15, 0.2) is 0 Å². The summed E-state index contributed by atoms with van der Waals surface area (Å²) in [6.07, 6.45) is 0. The smallest absolute Gasteiger partial charge is 0.262 e. The molecule has 2 aromatic carbocycles. The van der Waals surface area contributed by atoms with Gasteiger partial charge in [-0.25, -0.2) is 5.43 Å². The van der Waals surface area contributed by atoms with E-state index in [-0.39, 0.29) is 5.91 Å². The van der Waals surface area contributed by atoms with Crippen molar-refractivity contribution in [3.05, 3.63) is 59.1 Å². The van der Waals surface area contributed by atoms with Gasteiger partial charge in [0.1, 0.15) is 11.8 Å². The van der Waals surface area contributed by atoms with Gasteiger partial charge in [-0.3, -0.25) is 4.79 Å². The van der Waals surface area contributed by atoms with Crippen LogP contribution in [-0.2, 0) is 4.79 Å². The highest BCUT2D eigenvalue weighted by molar-refractivity contribution is 6.30. The van der Waals surface area contributed by atoms with E-state index in [0.717, 1.165) is 17.0 Å². The Bertz CT molecular complexity index is 712. The lowest BCUT2D eigenvalue weighted by atomic mass is 10.1. The second-order valence-corrected chi connectivity index (χ2v) is 5.71. The number of nitrogens with one attached hydrogen (secondary N) is 2. The molecular weight excluding hydrogens is 326 g/mol. The van der Waals surface area contributed by atoms with Crippen LogP contribution in [0.15, 0.2) is 53.6 Å². The third kappa shape index (κ3) is 4.99. The van der Waals surface area contributed by atoms with Gasteiger partial charge >= 0.3 is 0 Å². The summed E-state index contributed by atoms with van der Waals surface area (Å²) in [4.78, 5) is 12.1. The highest BCUT2D eigenvalue weighted by Gasteiger charge is 2.12. The van der Waals surface area contributed by atoms with Gasteiger partial charge in [-0.1, -0.05) is 11.6 Å². The van der Waals surface area contributed by atoms with Gasteiger partial charge in [0, 0.05) is 10.7 Å². The molecule has 2 aromatic rings. The van der Waals surface area contributed by atoms with E-state index < -0.39 is 6.04 Å². The Hall–Kier alpha value is -2.53. The van der Waals surface area contributed by atoms with Gasteiger partial charge in [-0.15, -0.1) is 0 Å². The van der Waals surface area contributed by atoms with Crippen LogP contribution in [0.5, 0.6) is 5.75 Å². The normalized spacial score (nSPS) is 12.4. The Balaban J connectivity index is 1.93. The van der Waals surface area contributed by atoms with Crippen molar-refractivity contribution in [1.29, 1.82) is 0 Å². The Morgan fingerprint density at radius 3 is 2.33 bits per heavy atom. The van der Waals surface area contributed by atoms with Crippen LogP contribution in [0.1, 0.15) is 19.4 Å². The van der Waals surface area contributed by atoms with E-state index in [1.165, 1.54) is 0 Å². The van der Waals surface area contributed by atoms with Gasteiger partial charge < -0.3 is 10.1 Å². The molecule has 0 saturated heterocycles. The lowest BCUT2D eigenvalue weighted by Crippen LogP contribution is -2.35. The molecule has 0 aliphatic heterocycles. The molecule has 2 N–H and O–H groups in total. The van der Waals surface area contributed by atoms with E-state index in [2.05, 4.69) is 15.8 Å². The van der Waals surface area contributed by atoms with Crippen molar-refractivity contribution in [3.63, 3.8) is 0 Å². The molecule has 1 unspecified atom stereocenters. The molecule has 0 heterocycles. The number of halogens is 1. The van der Waals surface area contributed by atoms with Gasteiger partial charge in [0.05, 0.1) is 12.8 Å². The molecule has 0 bridgehead atoms. The summed E-state index contributed by atoms with van der Waals surface area (Å²) in [5, 5.41) is 7.88. The first kappa shape index (κ1) is 17.8. The average molecular weight is 346 g/mol. The van der Waals surface area contributed by atoms with Gasteiger partial charge in [0.2, 0.25) is 0 Å². The molecule has 5 nitrogen and oxygen atoms in total. The number of amides is 1. The number of anilines is 1. The van der Waals surface area contributed by atoms with Crippen molar-refractivity contribution in [2.45, 2.75) is 19.9 Å². The zero-order valence-corrected chi connectivity index (χ0v) is 14.6. The van der Waals surface area contributed by atoms with Crippen molar-refractivity contribution >= 4 is 28.9 Å². The van der Waals surface area contributed by atoms with Crippen LogP contribution in [0.25, 0.3) is 0 Å². The molecule has 0 saturated carbocycles. The van der Waals surface area contributed by atoms with Crippen molar-refractivity contribution in [2.24, 2.45) is 5.10 Å². The van der Waals surface area contributed by atoms with Gasteiger partial charge in [0.25, 0.3) is 5.91 Å². The van der Waals surface area contributed by atoms with Crippen molar-refractivity contribution < 1.29 is 9.53 Å². The summed E-state index contributed by atoms with van der Waals surface area (Å²) in [6.45, 7) is 3.60. The molecule has 2 rings (SSSR count). The quantitative estimate of drug-likeness (QED) is 0.620. The van der Waals surface area contributed by atoms with E-state index in [1.54, 1.807) is 26.2 Å². The Morgan fingerprint density at radius 1 is 1.12 bits per heavy atom. The highest BCUT2D eigenvalue weighted by Crippen LogP contribution is 2.14. The minimum atomic E-state index is -0.432. The van der Waals surface area contributed by atoms with E-state index in [9.17, 15) is 4.79 Å². The highest BCUT2D eigenvalue weighted by atomic mass is 35.5. The second-order valence-electron chi connectivity index (χ2n) is 5.27. The van der Waals surface area contributed by atoms with E-state index in [0.29, 0.717) is 10.7 Å². The molecule has 0 fully saturated rings. The predicted molar refractivity (Wildman–Crippen MR) is 97.9 cm³/mol. The SMILES string of the molecule is COc1ccc(/C(C)=N/NC(=O)C(C)Nc2ccc(Cl)cc2)cc1. The summed E-state index contributed by atoms with van der Waals surface area (Å²) in [5.74, 6) is 0.550.